The summed E-state index contributed by atoms with van der Waals surface area (Å²) in [5.41, 5.74) is 5.16. The lowest BCUT2D eigenvalue weighted by Gasteiger charge is -2.34. The Bertz CT molecular complexity index is 1400. The summed E-state index contributed by atoms with van der Waals surface area (Å²) in [5.74, 6) is 0.902. The number of pyridine rings is 2. The maximum Gasteiger partial charge on any atom is 0.281 e. The van der Waals surface area contributed by atoms with E-state index in [4.69, 9.17) is 0 Å². The molecule has 0 amide bonds. The molecule has 1 saturated carbocycles. The van der Waals surface area contributed by atoms with Crippen LogP contribution >= 0.6 is 0 Å². The van der Waals surface area contributed by atoms with E-state index in [1.807, 2.05) is 25.3 Å². The largest absolute Gasteiger partial charge is 0.382 e. The zero-order valence-corrected chi connectivity index (χ0v) is 23.1. The van der Waals surface area contributed by atoms with Gasteiger partial charge >= 0.3 is 0 Å². The van der Waals surface area contributed by atoms with E-state index in [0.29, 0.717) is 17.2 Å². The van der Waals surface area contributed by atoms with E-state index in [1.165, 1.54) is 12.3 Å². The molecule has 2 aliphatic rings. The van der Waals surface area contributed by atoms with Crippen LogP contribution in [0.25, 0.3) is 5.70 Å². The average Bonchev–Trinajstić information content (AvgIpc) is 3.20. The van der Waals surface area contributed by atoms with Crippen LogP contribution < -0.4 is 15.1 Å². The van der Waals surface area contributed by atoms with Crippen molar-refractivity contribution in [2.45, 2.75) is 64.8 Å². The van der Waals surface area contributed by atoms with Crippen LogP contribution in [-0.2, 0) is 6.42 Å². The van der Waals surface area contributed by atoms with Gasteiger partial charge in [-0.2, -0.15) is 0 Å². The van der Waals surface area contributed by atoms with Crippen LogP contribution in [0.2, 0.25) is 0 Å². The summed E-state index contributed by atoms with van der Waals surface area (Å²) in [6.07, 6.45) is 6.18. The van der Waals surface area contributed by atoms with Crippen molar-refractivity contribution in [1.29, 1.82) is 0 Å². The topological polar surface area (TPSA) is 44.3 Å². The molecule has 5 nitrogen and oxygen atoms in total. The van der Waals surface area contributed by atoms with Crippen LogP contribution in [0.3, 0.4) is 0 Å². The van der Waals surface area contributed by atoms with Crippen molar-refractivity contribution in [2.75, 3.05) is 16.3 Å². The Kier molecular flexibility index (Phi) is 8.14. The molecule has 5 rings (SSSR count). The van der Waals surface area contributed by atoms with Crippen molar-refractivity contribution >= 4 is 22.8 Å². The fourth-order valence-electron chi connectivity index (χ4n) is 5.86. The lowest BCUT2D eigenvalue weighted by Crippen LogP contribution is -2.36. The summed E-state index contributed by atoms with van der Waals surface area (Å²) in [5, 5.41) is 3.39. The minimum Gasteiger partial charge on any atom is -0.382 e. The van der Waals surface area contributed by atoms with Crippen molar-refractivity contribution in [1.82, 2.24) is 15.3 Å². The molecular formula is C32H36F3N5. The summed E-state index contributed by atoms with van der Waals surface area (Å²) >= 11 is 0. The van der Waals surface area contributed by atoms with Gasteiger partial charge in [0, 0.05) is 41.9 Å². The summed E-state index contributed by atoms with van der Waals surface area (Å²) < 4.78 is 41.4. The molecule has 1 aliphatic heterocycles. The van der Waals surface area contributed by atoms with Crippen LogP contribution in [-0.4, -0.2) is 22.6 Å². The summed E-state index contributed by atoms with van der Waals surface area (Å²) in [7, 11) is 0. The monoisotopic (exact) mass is 547 g/mol. The molecule has 210 valence electrons. The first kappa shape index (κ1) is 27.7. The van der Waals surface area contributed by atoms with Gasteiger partial charge in [-0.1, -0.05) is 26.5 Å². The van der Waals surface area contributed by atoms with Gasteiger partial charge in [0.05, 0.1) is 17.1 Å². The SMILES string of the molecule is C=C(N[C@H]1CC[C@H](CN2C(=C)N(c3ccnc(CCC)c3)c3ccc(F)cc32)CC1)c1cc(C)cnc1C(F)F. The Hall–Kier alpha value is -3.81. The molecule has 2 aromatic heterocycles. The molecule has 1 N–H and O–H groups in total. The lowest BCUT2D eigenvalue weighted by atomic mass is 9.85. The number of nitrogens with one attached hydrogen (secondary N) is 1. The quantitative estimate of drug-likeness (QED) is 0.294. The van der Waals surface area contributed by atoms with Gasteiger partial charge in [-0.3, -0.25) is 14.9 Å². The van der Waals surface area contributed by atoms with Gasteiger partial charge in [-0.25, -0.2) is 13.2 Å². The highest BCUT2D eigenvalue weighted by molar-refractivity contribution is 5.88. The van der Waals surface area contributed by atoms with Gasteiger partial charge in [0.25, 0.3) is 6.43 Å². The van der Waals surface area contributed by atoms with Crippen molar-refractivity contribution in [3.05, 3.63) is 96.1 Å². The van der Waals surface area contributed by atoms with Crippen LogP contribution in [0.5, 0.6) is 0 Å². The highest BCUT2D eigenvalue weighted by Gasteiger charge is 2.34. The molecule has 40 heavy (non-hydrogen) atoms. The highest BCUT2D eigenvalue weighted by atomic mass is 19.3. The first-order valence-electron chi connectivity index (χ1n) is 14.0. The maximum atomic E-state index is 14.4. The zero-order chi connectivity index (χ0) is 28.4. The van der Waals surface area contributed by atoms with Gasteiger partial charge in [0.2, 0.25) is 0 Å². The summed E-state index contributed by atoms with van der Waals surface area (Å²) in [6.45, 7) is 13.2. The third-order valence-electron chi connectivity index (χ3n) is 7.86. The van der Waals surface area contributed by atoms with E-state index < -0.39 is 6.43 Å². The molecule has 1 aromatic carbocycles. The minimum atomic E-state index is -2.66. The fourth-order valence-corrected chi connectivity index (χ4v) is 5.86. The smallest absolute Gasteiger partial charge is 0.281 e. The number of rotatable bonds is 9. The Morgan fingerprint density at radius 3 is 2.58 bits per heavy atom. The number of aromatic nitrogens is 2. The van der Waals surface area contributed by atoms with Gasteiger partial charge in [-0.15, -0.1) is 0 Å². The third kappa shape index (κ3) is 5.71. The minimum absolute atomic E-state index is 0.145. The van der Waals surface area contributed by atoms with E-state index >= 15 is 0 Å². The number of anilines is 3. The molecule has 8 heteroatoms. The second-order valence-corrected chi connectivity index (χ2v) is 10.8. The van der Waals surface area contributed by atoms with E-state index in [0.717, 1.165) is 79.2 Å². The highest BCUT2D eigenvalue weighted by Crippen LogP contribution is 2.46. The predicted molar refractivity (Wildman–Crippen MR) is 155 cm³/mol. The molecule has 0 bridgehead atoms. The third-order valence-corrected chi connectivity index (χ3v) is 7.86. The number of fused-ring (bicyclic) bond motifs is 1. The van der Waals surface area contributed by atoms with Crippen LogP contribution in [0, 0.1) is 18.7 Å². The Balaban J connectivity index is 1.27. The number of aryl methyl sites for hydroxylation is 2. The number of alkyl halides is 2. The van der Waals surface area contributed by atoms with Gasteiger partial charge in [-0.05, 0) is 86.9 Å². The number of hydrogen-bond acceptors (Lipinski definition) is 5. The van der Waals surface area contributed by atoms with Gasteiger partial charge in [0.1, 0.15) is 17.3 Å². The maximum absolute atomic E-state index is 14.4. The van der Waals surface area contributed by atoms with Gasteiger partial charge < -0.3 is 10.2 Å². The molecule has 0 radical (unpaired) electrons. The van der Waals surface area contributed by atoms with Crippen LogP contribution in [0.4, 0.5) is 30.2 Å². The molecule has 1 fully saturated rings. The number of benzene rings is 1. The summed E-state index contributed by atoms with van der Waals surface area (Å²) in [6, 6.07) is 10.8. The standard InChI is InChI=1S/C32H36F3N5/c1-5-6-26-17-27(13-14-36-26)40-22(4)39(30-16-24(33)9-12-29(30)40)19-23-7-10-25(11-8-23)38-21(3)28-15-20(2)18-37-31(28)32(34)35/h9,12-18,23,25,32,38H,3-8,10-11,19H2,1-2H3/t23-,25-. The molecule has 0 spiro atoms. The van der Waals surface area contributed by atoms with Crippen molar-refractivity contribution in [2.24, 2.45) is 5.92 Å². The number of hydrogen-bond donors (Lipinski definition) is 1. The summed E-state index contributed by atoms with van der Waals surface area (Å²) in [4.78, 5) is 12.6. The second-order valence-electron chi connectivity index (χ2n) is 10.8. The molecular weight excluding hydrogens is 511 g/mol. The molecule has 3 heterocycles. The molecule has 1 aliphatic carbocycles. The first-order chi connectivity index (χ1) is 19.2. The van der Waals surface area contributed by atoms with E-state index in [-0.39, 0.29) is 17.6 Å². The second kappa shape index (κ2) is 11.7. The predicted octanol–water partition coefficient (Wildman–Crippen LogP) is 8.06. The normalized spacial score (nSPS) is 18.8. The average molecular weight is 548 g/mol. The Morgan fingerprint density at radius 1 is 1.07 bits per heavy atom. The lowest BCUT2D eigenvalue weighted by molar-refractivity contribution is 0.145. The van der Waals surface area contributed by atoms with Crippen LogP contribution in [0.1, 0.15) is 68.0 Å². The van der Waals surface area contributed by atoms with Crippen molar-refractivity contribution < 1.29 is 13.2 Å². The van der Waals surface area contributed by atoms with Gasteiger partial charge in [0.15, 0.2) is 0 Å². The van der Waals surface area contributed by atoms with E-state index in [9.17, 15) is 13.2 Å². The van der Waals surface area contributed by atoms with Crippen LogP contribution in [0.15, 0.2) is 67.8 Å². The Morgan fingerprint density at radius 2 is 1.85 bits per heavy atom. The van der Waals surface area contributed by atoms with Crippen molar-refractivity contribution in [3.8, 4) is 0 Å². The fraction of sp³-hybridized carbons (Fsp3) is 0.375. The Labute approximate surface area is 234 Å². The zero-order valence-electron chi connectivity index (χ0n) is 23.1. The van der Waals surface area contributed by atoms with E-state index in [2.05, 4.69) is 51.2 Å². The van der Waals surface area contributed by atoms with Crippen molar-refractivity contribution in [3.63, 3.8) is 0 Å². The number of nitrogens with zero attached hydrogens (tertiary/aromatic N) is 4. The van der Waals surface area contributed by atoms with E-state index in [1.54, 1.807) is 12.1 Å². The molecule has 3 aromatic rings. The number of halogens is 3. The molecule has 0 atom stereocenters. The molecule has 0 saturated heterocycles. The molecule has 0 unspecified atom stereocenters. The first-order valence-corrected chi connectivity index (χ1v) is 14.0.